The molecule has 1 aliphatic heterocycles. The number of hydrogen-bond acceptors (Lipinski definition) is 8. The molecular formula is C31H37N3O5S. The van der Waals surface area contributed by atoms with E-state index in [9.17, 15) is 14.4 Å². The summed E-state index contributed by atoms with van der Waals surface area (Å²) < 4.78 is 11.0. The number of ether oxygens (including phenoxy) is 2. The van der Waals surface area contributed by atoms with Crippen molar-refractivity contribution in [1.82, 2.24) is 9.88 Å². The number of benzene rings is 1. The standard InChI is InChI=1S/C31H37N3O5S/c1-4-16-34-17-15-23-21(18-34)26(19-11-9-10-13-22(19)32-23)31(37)39-24(5-2)28(35)33-29-27(30(36)38-3)20-12-7-6-8-14-25(20)40-29/h9-11,13,24H,4-8,12,14-18H2,1-3H3,(H,33,35). The fourth-order valence-corrected chi connectivity index (χ4v) is 7.12. The van der Waals surface area contributed by atoms with Crippen LogP contribution in [0.15, 0.2) is 24.3 Å². The van der Waals surface area contributed by atoms with Gasteiger partial charge in [-0.05, 0) is 56.7 Å². The first-order chi connectivity index (χ1) is 19.4. The second kappa shape index (κ2) is 12.5. The van der Waals surface area contributed by atoms with Crippen molar-refractivity contribution >= 4 is 45.1 Å². The molecule has 0 saturated carbocycles. The zero-order valence-electron chi connectivity index (χ0n) is 23.5. The number of nitrogens with zero attached hydrogens (tertiary/aromatic N) is 2. The van der Waals surface area contributed by atoms with Gasteiger partial charge in [-0.3, -0.25) is 14.7 Å². The molecule has 0 saturated heterocycles. The largest absolute Gasteiger partial charge is 0.465 e. The fourth-order valence-electron chi connectivity index (χ4n) is 5.84. The zero-order chi connectivity index (χ0) is 28.2. The highest BCUT2D eigenvalue weighted by Crippen LogP contribution is 2.38. The van der Waals surface area contributed by atoms with Crippen molar-refractivity contribution in [3.8, 4) is 0 Å². The van der Waals surface area contributed by atoms with E-state index >= 15 is 0 Å². The lowest BCUT2D eigenvalue weighted by Gasteiger charge is -2.30. The van der Waals surface area contributed by atoms with Crippen LogP contribution >= 0.6 is 11.3 Å². The van der Waals surface area contributed by atoms with Crippen LogP contribution in [0.4, 0.5) is 5.00 Å². The number of aromatic nitrogens is 1. The Morgan fingerprint density at radius 2 is 1.82 bits per heavy atom. The van der Waals surface area contributed by atoms with Gasteiger partial charge in [-0.1, -0.05) is 38.5 Å². The van der Waals surface area contributed by atoms with Gasteiger partial charge in [0.25, 0.3) is 5.91 Å². The minimum atomic E-state index is -1.02. The number of pyridine rings is 1. The lowest BCUT2D eigenvalue weighted by Crippen LogP contribution is -2.35. The van der Waals surface area contributed by atoms with Gasteiger partial charge in [-0.15, -0.1) is 11.3 Å². The van der Waals surface area contributed by atoms with Crippen molar-refractivity contribution in [2.75, 3.05) is 25.5 Å². The van der Waals surface area contributed by atoms with Crippen molar-refractivity contribution in [1.29, 1.82) is 0 Å². The molecule has 2 aliphatic rings. The number of thiophene rings is 1. The van der Waals surface area contributed by atoms with Crippen molar-refractivity contribution in [2.45, 2.75) is 77.9 Å². The number of para-hydroxylation sites is 1. The van der Waals surface area contributed by atoms with Gasteiger partial charge in [0.15, 0.2) is 6.10 Å². The van der Waals surface area contributed by atoms with Gasteiger partial charge in [-0.25, -0.2) is 9.59 Å². The Hall–Kier alpha value is -3.30. The Balaban J connectivity index is 1.43. The van der Waals surface area contributed by atoms with Crippen LogP contribution in [-0.2, 0) is 40.1 Å². The monoisotopic (exact) mass is 563 g/mol. The maximum absolute atomic E-state index is 13.8. The first kappa shape index (κ1) is 28.2. The van der Waals surface area contributed by atoms with Crippen LogP contribution < -0.4 is 5.32 Å². The predicted molar refractivity (Wildman–Crippen MR) is 156 cm³/mol. The van der Waals surface area contributed by atoms with Gasteiger partial charge >= 0.3 is 11.9 Å². The number of anilines is 1. The van der Waals surface area contributed by atoms with Gasteiger partial charge in [0.1, 0.15) is 5.00 Å². The molecular weight excluding hydrogens is 526 g/mol. The third-order valence-corrected chi connectivity index (χ3v) is 9.04. The molecule has 1 N–H and O–H groups in total. The van der Waals surface area contributed by atoms with E-state index in [0.717, 1.165) is 90.6 Å². The van der Waals surface area contributed by atoms with E-state index < -0.39 is 23.9 Å². The lowest BCUT2D eigenvalue weighted by molar-refractivity contribution is -0.124. The molecule has 3 heterocycles. The first-order valence-electron chi connectivity index (χ1n) is 14.3. The molecule has 1 atom stereocenters. The number of carbonyl (C=O) groups is 3. The Labute approximate surface area is 239 Å². The second-order valence-electron chi connectivity index (χ2n) is 10.5. The van der Waals surface area contributed by atoms with E-state index in [4.69, 9.17) is 14.5 Å². The molecule has 0 radical (unpaired) electrons. The summed E-state index contributed by atoms with van der Waals surface area (Å²) in [6, 6.07) is 7.59. The average molecular weight is 564 g/mol. The molecule has 1 amide bonds. The molecule has 1 aliphatic carbocycles. The Morgan fingerprint density at radius 1 is 1.02 bits per heavy atom. The van der Waals surface area contributed by atoms with E-state index in [2.05, 4.69) is 17.1 Å². The first-order valence-corrected chi connectivity index (χ1v) is 15.1. The highest BCUT2D eigenvalue weighted by Gasteiger charge is 2.31. The molecule has 0 fully saturated rings. The highest BCUT2D eigenvalue weighted by atomic mass is 32.1. The number of carbonyl (C=O) groups excluding carboxylic acids is 3. The van der Waals surface area contributed by atoms with Crippen LogP contribution in [0, 0.1) is 0 Å². The number of amides is 1. The normalized spacial score (nSPS) is 16.0. The molecule has 0 bridgehead atoms. The van der Waals surface area contributed by atoms with E-state index in [1.165, 1.54) is 18.4 Å². The summed E-state index contributed by atoms with van der Waals surface area (Å²) in [4.78, 5) is 48.3. The van der Waals surface area contributed by atoms with Crippen LogP contribution in [0.2, 0.25) is 0 Å². The maximum Gasteiger partial charge on any atom is 0.341 e. The number of rotatable bonds is 8. The molecule has 1 unspecified atom stereocenters. The van der Waals surface area contributed by atoms with E-state index in [1.807, 2.05) is 31.2 Å². The quantitative estimate of drug-likeness (QED) is 0.278. The predicted octanol–water partition coefficient (Wildman–Crippen LogP) is 5.69. The third kappa shape index (κ3) is 5.63. The van der Waals surface area contributed by atoms with Crippen LogP contribution in [0.3, 0.4) is 0 Å². The smallest absolute Gasteiger partial charge is 0.341 e. The summed E-state index contributed by atoms with van der Waals surface area (Å²) in [6.45, 7) is 6.41. The topological polar surface area (TPSA) is 97.8 Å². The summed E-state index contributed by atoms with van der Waals surface area (Å²) in [5, 5.41) is 4.12. The average Bonchev–Trinajstić information content (AvgIpc) is 3.13. The van der Waals surface area contributed by atoms with E-state index in [0.29, 0.717) is 29.1 Å². The summed E-state index contributed by atoms with van der Waals surface area (Å²) in [5.41, 5.74) is 4.44. The van der Waals surface area contributed by atoms with Gasteiger partial charge in [-0.2, -0.15) is 0 Å². The molecule has 2 aromatic heterocycles. The van der Waals surface area contributed by atoms with Gasteiger partial charge in [0.05, 0.1) is 23.8 Å². The number of nitrogens with one attached hydrogen (secondary N) is 1. The molecule has 9 heteroatoms. The summed E-state index contributed by atoms with van der Waals surface area (Å²) in [6.07, 6.45) is 5.88. The molecule has 1 aromatic carbocycles. The van der Waals surface area contributed by atoms with Crippen LogP contribution in [0.5, 0.6) is 0 Å². The second-order valence-corrected chi connectivity index (χ2v) is 11.6. The minimum absolute atomic E-state index is 0.295. The summed E-state index contributed by atoms with van der Waals surface area (Å²) >= 11 is 1.43. The molecule has 212 valence electrons. The number of fused-ring (bicyclic) bond motifs is 3. The molecule has 5 rings (SSSR count). The summed E-state index contributed by atoms with van der Waals surface area (Å²) in [7, 11) is 1.35. The molecule has 3 aromatic rings. The van der Waals surface area contributed by atoms with E-state index in [1.54, 1.807) is 0 Å². The van der Waals surface area contributed by atoms with Crippen molar-refractivity contribution < 1.29 is 23.9 Å². The Morgan fingerprint density at radius 3 is 2.60 bits per heavy atom. The van der Waals surface area contributed by atoms with Crippen molar-refractivity contribution in [2.24, 2.45) is 0 Å². The van der Waals surface area contributed by atoms with E-state index in [-0.39, 0.29) is 0 Å². The molecule has 0 spiro atoms. The number of aryl methyl sites for hydroxylation is 1. The van der Waals surface area contributed by atoms with Crippen LogP contribution in [-0.4, -0.2) is 54.0 Å². The van der Waals surface area contributed by atoms with Gasteiger partial charge < -0.3 is 14.8 Å². The molecule has 40 heavy (non-hydrogen) atoms. The SMILES string of the molecule is CCCN1CCc2nc3ccccc3c(C(=O)OC(CC)C(=O)Nc3sc4c(c3C(=O)OC)CCCCC4)c2C1. The number of esters is 2. The zero-order valence-corrected chi connectivity index (χ0v) is 24.3. The number of hydrogen-bond donors (Lipinski definition) is 1. The van der Waals surface area contributed by atoms with Gasteiger partial charge in [0.2, 0.25) is 0 Å². The highest BCUT2D eigenvalue weighted by molar-refractivity contribution is 7.17. The third-order valence-electron chi connectivity index (χ3n) is 7.83. The Bertz CT molecular complexity index is 1430. The van der Waals surface area contributed by atoms with Crippen molar-refractivity contribution in [3.05, 3.63) is 57.1 Å². The van der Waals surface area contributed by atoms with Gasteiger partial charge in [0, 0.05) is 41.0 Å². The van der Waals surface area contributed by atoms with Crippen molar-refractivity contribution in [3.63, 3.8) is 0 Å². The van der Waals surface area contributed by atoms with Crippen LogP contribution in [0.1, 0.15) is 88.4 Å². The Kier molecular flexibility index (Phi) is 8.81. The van der Waals surface area contributed by atoms with Crippen LogP contribution in [0.25, 0.3) is 10.9 Å². The lowest BCUT2D eigenvalue weighted by atomic mass is 9.95. The summed E-state index contributed by atoms with van der Waals surface area (Å²) in [5.74, 6) is -1.42. The maximum atomic E-state index is 13.8. The number of methoxy groups -OCH3 is 1. The fraction of sp³-hybridized carbons (Fsp3) is 0.484. The minimum Gasteiger partial charge on any atom is -0.465 e. The molecule has 8 nitrogen and oxygen atoms in total.